The summed E-state index contributed by atoms with van der Waals surface area (Å²) < 4.78 is 1.64. The van der Waals surface area contributed by atoms with Gasteiger partial charge in [0.05, 0.1) is 5.69 Å². The number of carbonyl (C=O) groups is 2. The Balaban J connectivity index is 1.92. The van der Waals surface area contributed by atoms with Crippen LogP contribution in [0.3, 0.4) is 0 Å². The molecule has 104 valence electrons. The summed E-state index contributed by atoms with van der Waals surface area (Å²) in [4.78, 5) is 22.5. The number of hydrogen-bond donors (Lipinski definition) is 2. The number of nitrogens with zero attached hydrogens (tertiary/aromatic N) is 2. The van der Waals surface area contributed by atoms with Crippen molar-refractivity contribution < 1.29 is 9.59 Å². The molecule has 0 unspecified atom stereocenters. The Kier molecular flexibility index (Phi) is 4.49. The first kappa shape index (κ1) is 13.8. The number of carbonyl (C=O) groups excluding carboxylic acids is 2. The molecule has 0 spiro atoms. The molecule has 0 radical (unpaired) electrons. The van der Waals surface area contributed by atoms with Gasteiger partial charge in [0, 0.05) is 26.2 Å². The Hall–Kier alpha value is -2.63. The van der Waals surface area contributed by atoms with E-state index in [1.165, 1.54) is 6.92 Å². The maximum Gasteiger partial charge on any atom is 0.271 e. The Labute approximate surface area is 116 Å². The highest BCUT2D eigenvalue weighted by atomic mass is 16.2. The molecule has 0 aliphatic heterocycles. The Bertz CT molecular complexity index is 592. The predicted molar refractivity (Wildman–Crippen MR) is 74.6 cm³/mol. The molecule has 0 aliphatic carbocycles. The number of hydrogen-bond acceptors (Lipinski definition) is 3. The molecule has 0 bridgehead atoms. The minimum Gasteiger partial charge on any atom is -0.355 e. The molecule has 0 aliphatic rings. The third-order valence-corrected chi connectivity index (χ3v) is 2.63. The van der Waals surface area contributed by atoms with Crippen LogP contribution >= 0.6 is 0 Å². The quantitative estimate of drug-likeness (QED) is 0.788. The number of para-hydroxylation sites is 1. The molecule has 6 heteroatoms. The van der Waals surface area contributed by atoms with Crippen LogP contribution in [0.1, 0.15) is 17.4 Å². The summed E-state index contributed by atoms with van der Waals surface area (Å²) >= 11 is 0. The van der Waals surface area contributed by atoms with Crippen LogP contribution in [0.25, 0.3) is 5.69 Å². The van der Waals surface area contributed by atoms with Gasteiger partial charge < -0.3 is 10.6 Å². The topological polar surface area (TPSA) is 76.0 Å². The lowest BCUT2D eigenvalue weighted by Crippen LogP contribution is -2.33. The first-order valence-electron chi connectivity index (χ1n) is 6.30. The van der Waals surface area contributed by atoms with Crippen molar-refractivity contribution in [1.29, 1.82) is 0 Å². The predicted octanol–water partition coefficient (Wildman–Crippen LogP) is 0.738. The van der Waals surface area contributed by atoms with Crippen molar-refractivity contribution in [3.8, 4) is 5.69 Å². The van der Waals surface area contributed by atoms with Gasteiger partial charge in [-0.3, -0.25) is 9.59 Å². The highest BCUT2D eigenvalue weighted by Crippen LogP contribution is 2.06. The summed E-state index contributed by atoms with van der Waals surface area (Å²) in [6, 6.07) is 11.2. The molecule has 1 aromatic heterocycles. The Morgan fingerprint density at radius 3 is 2.50 bits per heavy atom. The summed E-state index contributed by atoms with van der Waals surface area (Å²) in [5.41, 5.74) is 1.24. The average Bonchev–Trinajstić information content (AvgIpc) is 2.94. The fraction of sp³-hybridized carbons (Fsp3) is 0.214. The molecular formula is C14H16N4O2. The molecule has 0 saturated carbocycles. The number of rotatable bonds is 5. The van der Waals surface area contributed by atoms with Gasteiger partial charge in [0.15, 0.2) is 5.69 Å². The third kappa shape index (κ3) is 3.68. The van der Waals surface area contributed by atoms with Crippen molar-refractivity contribution in [2.24, 2.45) is 0 Å². The highest BCUT2D eigenvalue weighted by molar-refractivity contribution is 5.92. The largest absolute Gasteiger partial charge is 0.355 e. The molecule has 1 aromatic carbocycles. The zero-order chi connectivity index (χ0) is 14.4. The fourth-order valence-corrected chi connectivity index (χ4v) is 1.67. The SMILES string of the molecule is CC(=O)NCCNC(=O)c1ccn(-c2ccccc2)n1. The minimum absolute atomic E-state index is 0.118. The van der Waals surface area contributed by atoms with Crippen LogP contribution in [0, 0.1) is 0 Å². The van der Waals surface area contributed by atoms with Gasteiger partial charge in [-0.2, -0.15) is 5.10 Å². The number of nitrogens with one attached hydrogen (secondary N) is 2. The first-order chi connectivity index (χ1) is 9.66. The minimum atomic E-state index is -0.259. The second kappa shape index (κ2) is 6.51. The third-order valence-electron chi connectivity index (χ3n) is 2.63. The summed E-state index contributed by atoms with van der Waals surface area (Å²) in [5, 5.41) is 9.51. The van der Waals surface area contributed by atoms with Crippen molar-refractivity contribution in [2.75, 3.05) is 13.1 Å². The summed E-state index contributed by atoms with van der Waals surface area (Å²) in [6.07, 6.45) is 1.73. The van der Waals surface area contributed by atoms with Gasteiger partial charge in [-0.25, -0.2) is 4.68 Å². The van der Waals surface area contributed by atoms with E-state index in [2.05, 4.69) is 15.7 Å². The lowest BCUT2D eigenvalue weighted by atomic mass is 10.3. The van der Waals surface area contributed by atoms with E-state index in [9.17, 15) is 9.59 Å². The standard InChI is InChI=1S/C14H16N4O2/c1-11(19)15-8-9-16-14(20)13-7-10-18(17-13)12-5-3-2-4-6-12/h2-7,10H,8-9H2,1H3,(H,15,19)(H,16,20). The van der Waals surface area contributed by atoms with Crippen LogP contribution < -0.4 is 10.6 Å². The maximum absolute atomic E-state index is 11.8. The van der Waals surface area contributed by atoms with E-state index in [1.807, 2.05) is 30.3 Å². The summed E-state index contributed by atoms with van der Waals surface area (Å²) in [5.74, 6) is -0.377. The van der Waals surface area contributed by atoms with Crippen molar-refractivity contribution >= 4 is 11.8 Å². The van der Waals surface area contributed by atoms with E-state index in [0.29, 0.717) is 18.8 Å². The van der Waals surface area contributed by atoms with E-state index >= 15 is 0 Å². The lowest BCUT2D eigenvalue weighted by molar-refractivity contribution is -0.118. The van der Waals surface area contributed by atoms with Crippen LogP contribution in [-0.2, 0) is 4.79 Å². The van der Waals surface area contributed by atoms with E-state index in [4.69, 9.17) is 0 Å². The Morgan fingerprint density at radius 2 is 1.80 bits per heavy atom. The molecular weight excluding hydrogens is 256 g/mol. The molecule has 2 rings (SSSR count). The average molecular weight is 272 g/mol. The van der Waals surface area contributed by atoms with Crippen LogP contribution in [0.4, 0.5) is 0 Å². The number of amides is 2. The van der Waals surface area contributed by atoms with Crippen LogP contribution in [0.2, 0.25) is 0 Å². The molecule has 0 saturated heterocycles. The van der Waals surface area contributed by atoms with E-state index in [0.717, 1.165) is 5.69 Å². The van der Waals surface area contributed by atoms with Gasteiger partial charge in [-0.1, -0.05) is 18.2 Å². The normalized spacial score (nSPS) is 10.1. The lowest BCUT2D eigenvalue weighted by Gasteiger charge is -2.04. The van der Waals surface area contributed by atoms with Crippen LogP contribution in [-0.4, -0.2) is 34.7 Å². The summed E-state index contributed by atoms with van der Waals surface area (Å²) in [6.45, 7) is 2.21. The van der Waals surface area contributed by atoms with Gasteiger partial charge in [-0.15, -0.1) is 0 Å². The number of benzene rings is 1. The Morgan fingerprint density at radius 1 is 1.10 bits per heavy atom. The molecule has 6 nitrogen and oxygen atoms in total. The van der Waals surface area contributed by atoms with Crippen molar-refractivity contribution in [1.82, 2.24) is 20.4 Å². The second-order valence-electron chi connectivity index (χ2n) is 4.22. The zero-order valence-corrected chi connectivity index (χ0v) is 11.2. The van der Waals surface area contributed by atoms with E-state index in [1.54, 1.807) is 16.9 Å². The zero-order valence-electron chi connectivity index (χ0n) is 11.2. The molecule has 20 heavy (non-hydrogen) atoms. The summed E-state index contributed by atoms with van der Waals surface area (Å²) in [7, 11) is 0. The molecule has 2 N–H and O–H groups in total. The van der Waals surface area contributed by atoms with Gasteiger partial charge >= 0.3 is 0 Å². The van der Waals surface area contributed by atoms with Crippen LogP contribution in [0.15, 0.2) is 42.6 Å². The van der Waals surface area contributed by atoms with Gasteiger partial charge in [0.25, 0.3) is 5.91 Å². The van der Waals surface area contributed by atoms with E-state index in [-0.39, 0.29) is 11.8 Å². The monoisotopic (exact) mass is 272 g/mol. The van der Waals surface area contributed by atoms with Crippen LogP contribution in [0.5, 0.6) is 0 Å². The van der Waals surface area contributed by atoms with Crippen molar-refractivity contribution in [3.05, 3.63) is 48.3 Å². The van der Waals surface area contributed by atoms with Gasteiger partial charge in [-0.05, 0) is 18.2 Å². The fourth-order valence-electron chi connectivity index (χ4n) is 1.67. The van der Waals surface area contributed by atoms with Crippen molar-refractivity contribution in [2.45, 2.75) is 6.92 Å². The molecule has 0 atom stereocenters. The molecule has 0 fully saturated rings. The van der Waals surface area contributed by atoms with Crippen molar-refractivity contribution in [3.63, 3.8) is 0 Å². The van der Waals surface area contributed by atoms with Gasteiger partial charge in [0.1, 0.15) is 0 Å². The smallest absolute Gasteiger partial charge is 0.271 e. The molecule has 2 amide bonds. The van der Waals surface area contributed by atoms with E-state index < -0.39 is 0 Å². The van der Waals surface area contributed by atoms with Gasteiger partial charge in [0.2, 0.25) is 5.91 Å². The molecule has 2 aromatic rings. The molecule has 1 heterocycles. The maximum atomic E-state index is 11.8. The highest BCUT2D eigenvalue weighted by Gasteiger charge is 2.09. The second-order valence-corrected chi connectivity index (χ2v) is 4.22. The number of aromatic nitrogens is 2. The first-order valence-corrected chi connectivity index (χ1v) is 6.30.